The molecule has 1 aromatic carbocycles. The highest BCUT2D eigenvalue weighted by Gasteiger charge is 2.43. The average molecular weight is 429 g/mol. The van der Waals surface area contributed by atoms with Crippen LogP contribution in [0.5, 0.6) is 5.75 Å². The molecule has 0 N–H and O–H groups in total. The van der Waals surface area contributed by atoms with Crippen molar-refractivity contribution < 1.29 is 26.7 Å². The van der Waals surface area contributed by atoms with Gasteiger partial charge in [-0.1, -0.05) is 6.08 Å². The van der Waals surface area contributed by atoms with E-state index in [4.69, 9.17) is 4.74 Å². The minimum atomic E-state index is -3.73. The normalized spacial score (nSPS) is 25.6. The second-order valence-electron chi connectivity index (χ2n) is 7.84. The number of ether oxygens (including phenoxy) is 2. The zero-order chi connectivity index (χ0) is 20.6. The molecule has 3 heterocycles. The van der Waals surface area contributed by atoms with Crippen molar-refractivity contribution >= 4 is 10.0 Å². The molecule has 0 amide bonds. The number of alkyl halides is 2. The molecular weight excluding hydrogens is 402 g/mol. The summed E-state index contributed by atoms with van der Waals surface area (Å²) in [5.74, 6) is -0.0575. The first-order valence-electron chi connectivity index (χ1n) is 9.94. The number of piperidine rings is 1. The topological polar surface area (TPSA) is 59.1 Å². The van der Waals surface area contributed by atoms with Crippen LogP contribution >= 0.6 is 0 Å². The Morgan fingerprint density at radius 3 is 2.48 bits per heavy atom. The van der Waals surface area contributed by atoms with E-state index in [1.165, 1.54) is 28.6 Å². The summed E-state index contributed by atoms with van der Waals surface area (Å²) in [4.78, 5) is 2.49. The predicted molar refractivity (Wildman–Crippen MR) is 103 cm³/mol. The van der Waals surface area contributed by atoms with E-state index in [9.17, 15) is 17.2 Å². The second-order valence-corrected chi connectivity index (χ2v) is 9.65. The summed E-state index contributed by atoms with van der Waals surface area (Å²) in [5, 5.41) is 0. The summed E-state index contributed by atoms with van der Waals surface area (Å²) in [5.41, 5.74) is 0.832. The van der Waals surface area contributed by atoms with Gasteiger partial charge in [-0.2, -0.15) is 8.78 Å². The Bertz CT molecular complexity index is 854. The summed E-state index contributed by atoms with van der Waals surface area (Å²) < 4.78 is 62.4. The van der Waals surface area contributed by atoms with Crippen molar-refractivity contribution in [3.63, 3.8) is 0 Å². The molecule has 2 bridgehead atoms. The minimum absolute atomic E-state index is 0.0575. The van der Waals surface area contributed by atoms with Gasteiger partial charge in [0.2, 0.25) is 0 Å². The molecule has 0 radical (unpaired) electrons. The third kappa shape index (κ3) is 4.13. The molecule has 0 spiro atoms. The van der Waals surface area contributed by atoms with E-state index in [-0.39, 0.29) is 16.7 Å². The Balaban J connectivity index is 1.48. The molecule has 3 aliphatic heterocycles. The standard InChI is InChI=1S/C20H26F2N2O4S/c1-23(14-8-10-27-11-9-14)17-12-15-2-3-16(13-17)24(15)29(25,26)19-6-4-18(5-7-19)28-20(21)22/h2,4-7,14,16-17,20H,3,8-13H2,1H3/t16-,17+/m0/s1. The number of nitrogens with zero attached hydrogens (tertiary/aromatic N) is 2. The van der Waals surface area contributed by atoms with E-state index in [1.54, 1.807) is 0 Å². The first-order chi connectivity index (χ1) is 13.9. The van der Waals surface area contributed by atoms with Gasteiger partial charge in [0.25, 0.3) is 10.0 Å². The van der Waals surface area contributed by atoms with Crippen LogP contribution in [0.2, 0.25) is 0 Å². The lowest BCUT2D eigenvalue weighted by Gasteiger charge is -2.44. The van der Waals surface area contributed by atoms with Gasteiger partial charge in [-0.3, -0.25) is 9.21 Å². The molecule has 160 valence electrons. The first-order valence-corrected chi connectivity index (χ1v) is 11.4. The third-order valence-corrected chi connectivity index (χ3v) is 8.10. The van der Waals surface area contributed by atoms with Crippen molar-refractivity contribution in [1.29, 1.82) is 0 Å². The smallest absolute Gasteiger partial charge is 0.387 e. The van der Waals surface area contributed by atoms with Gasteiger partial charge in [0.15, 0.2) is 0 Å². The van der Waals surface area contributed by atoms with Gasteiger partial charge in [0.05, 0.1) is 10.9 Å². The van der Waals surface area contributed by atoms with Crippen LogP contribution in [0.1, 0.15) is 32.1 Å². The Hall–Kier alpha value is -1.71. The highest BCUT2D eigenvalue weighted by atomic mass is 32.2. The van der Waals surface area contributed by atoms with E-state index in [1.807, 2.05) is 6.08 Å². The Labute approximate surface area is 170 Å². The predicted octanol–water partition coefficient (Wildman–Crippen LogP) is 3.21. The molecule has 9 heteroatoms. The van der Waals surface area contributed by atoms with Crippen LogP contribution in [-0.4, -0.2) is 62.6 Å². The van der Waals surface area contributed by atoms with Gasteiger partial charge in [-0.05, 0) is 57.0 Å². The molecule has 1 aromatic rings. The van der Waals surface area contributed by atoms with Crippen LogP contribution in [0.25, 0.3) is 0 Å². The fourth-order valence-electron chi connectivity index (χ4n) is 4.65. The lowest BCUT2D eigenvalue weighted by atomic mass is 9.96. The highest BCUT2D eigenvalue weighted by Crippen LogP contribution is 2.41. The van der Waals surface area contributed by atoms with E-state index < -0.39 is 16.6 Å². The second kappa shape index (κ2) is 8.20. The van der Waals surface area contributed by atoms with Crippen LogP contribution < -0.4 is 4.74 Å². The van der Waals surface area contributed by atoms with Gasteiger partial charge in [-0.15, -0.1) is 0 Å². The summed E-state index contributed by atoms with van der Waals surface area (Å²) in [6.07, 6.45) is 6.21. The number of halogens is 2. The maximum Gasteiger partial charge on any atom is 0.387 e. The quantitative estimate of drug-likeness (QED) is 0.697. The maximum absolute atomic E-state index is 13.2. The Kier molecular flexibility index (Phi) is 5.81. The van der Waals surface area contributed by atoms with Gasteiger partial charge in [-0.25, -0.2) is 8.42 Å². The number of sulfonamides is 1. The molecule has 0 aromatic heterocycles. The van der Waals surface area contributed by atoms with Crippen LogP contribution in [0, 0.1) is 0 Å². The molecule has 0 aliphatic carbocycles. The molecule has 2 saturated heterocycles. The van der Waals surface area contributed by atoms with Crippen molar-refractivity contribution in [2.24, 2.45) is 0 Å². The molecule has 2 fully saturated rings. The van der Waals surface area contributed by atoms with Crippen molar-refractivity contribution in [3.05, 3.63) is 36.0 Å². The monoisotopic (exact) mass is 428 g/mol. The zero-order valence-corrected chi connectivity index (χ0v) is 17.2. The molecule has 2 atom stereocenters. The fourth-order valence-corrected chi connectivity index (χ4v) is 6.38. The number of rotatable bonds is 6. The molecule has 29 heavy (non-hydrogen) atoms. The SMILES string of the molecule is CN(C1CCOCC1)[C@@H]1CC2=CC[C@@H](C1)N2S(=O)(=O)c1ccc(OC(F)F)cc1. The van der Waals surface area contributed by atoms with Crippen molar-refractivity contribution in [2.45, 2.75) is 61.7 Å². The number of hydrogen-bond donors (Lipinski definition) is 0. The summed E-state index contributed by atoms with van der Waals surface area (Å²) in [7, 11) is -1.60. The lowest BCUT2D eigenvalue weighted by molar-refractivity contribution is -0.0498. The van der Waals surface area contributed by atoms with E-state index in [2.05, 4.69) is 16.7 Å². The summed E-state index contributed by atoms with van der Waals surface area (Å²) in [6, 6.07) is 5.86. The Morgan fingerprint density at radius 1 is 1.17 bits per heavy atom. The number of hydrogen-bond acceptors (Lipinski definition) is 5. The van der Waals surface area contributed by atoms with Gasteiger partial charge >= 0.3 is 6.61 Å². The largest absolute Gasteiger partial charge is 0.435 e. The highest BCUT2D eigenvalue weighted by molar-refractivity contribution is 7.89. The minimum Gasteiger partial charge on any atom is -0.435 e. The zero-order valence-electron chi connectivity index (χ0n) is 16.3. The van der Waals surface area contributed by atoms with Crippen LogP contribution in [0.4, 0.5) is 8.78 Å². The molecule has 6 nitrogen and oxygen atoms in total. The molecule has 3 aliphatic rings. The molecule has 0 saturated carbocycles. The van der Waals surface area contributed by atoms with Crippen molar-refractivity contribution in [1.82, 2.24) is 9.21 Å². The van der Waals surface area contributed by atoms with Crippen molar-refractivity contribution in [2.75, 3.05) is 20.3 Å². The average Bonchev–Trinajstić information content (AvgIpc) is 2.99. The maximum atomic E-state index is 13.2. The number of fused-ring (bicyclic) bond motifs is 2. The summed E-state index contributed by atoms with van der Waals surface area (Å²) >= 11 is 0. The molecule has 0 unspecified atom stereocenters. The molecule has 4 rings (SSSR count). The van der Waals surface area contributed by atoms with Gasteiger partial charge in [0.1, 0.15) is 5.75 Å². The fraction of sp³-hybridized carbons (Fsp3) is 0.600. The van der Waals surface area contributed by atoms with E-state index in [0.717, 1.165) is 38.2 Å². The molecular formula is C20H26F2N2O4S. The third-order valence-electron chi connectivity index (χ3n) is 6.18. The lowest BCUT2D eigenvalue weighted by Crippen LogP contribution is -2.50. The first kappa shape index (κ1) is 20.6. The van der Waals surface area contributed by atoms with Gasteiger partial charge < -0.3 is 9.47 Å². The van der Waals surface area contributed by atoms with Crippen LogP contribution in [0.15, 0.2) is 40.9 Å². The van der Waals surface area contributed by atoms with Crippen LogP contribution in [-0.2, 0) is 14.8 Å². The Morgan fingerprint density at radius 2 is 1.86 bits per heavy atom. The van der Waals surface area contributed by atoms with E-state index >= 15 is 0 Å². The van der Waals surface area contributed by atoms with Crippen molar-refractivity contribution in [3.8, 4) is 5.75 Å². The van der Waals surface area contributed by atoms with E-state index in [0.29, 0.717) is 24.9 Å². The number of benzene rings is 1. The van der Waals surface area contributed by atoms with Crippen LogP contribution in [0.3, 0.4) is 0 Å². The summed E-state index contributed by atoms with van der Waals surface area (Å²) in [6.45, 7) is -1.38. The van der Waals surface area contributed by atoms with Gasteiger partial charge in [0, 0.05) is 37.4 Å².